The lowest BCUT2D eigenvalue weighted by molar-refractivity contribution is -0.139. The van der Waals surface area contributed by atoms with Crippen molar-refractivity contribution < 1.29 is 28.1 Å². The van der Waals surface area contributed by atoms with Crippen LogP contribution in [0.4, 0.5) is 4.39 Å². The van der Waals surface area contributed by atoms with Gasteiger partial charge in [-0.1, -0.05) is 23.7 Å². The second kappa shape index (κ2) is 10.3. The quantitative estimate of drug-likeness (QED) is 0.582. The maximum absolute atomic E-state index is 13.1. The highest BCUT2D eigenvalue weighted by Gasteiger charge is 2.37. The van der Waals surface area contributed by atoms with Gasteiger partial charge in [0.25, 0.3) is 0 Å². The van der Waals surface area contributed by atoms with Crippen LogP contribution in [0.5, 0.6) is 11.5 Å². The van der Waals surface area contributed by atoms with Gasteiger partial charge in [0, 0.05) is 0 Å². The van der Waals surface area contributed by atoms with Gasteiger partial charge in [0.1, 0.15) is 29.8 Å². The van der Waals surface area contributed by atoms with Crippen molar-refractivity contribution in [2.75, 3.05) is 13.7 Å². The Bertz CT molecular complexity index is 1170. The van der Waals surface area contributed by atoms with E-state index in [0.29, 0.717) is 5.56 Å². The molecule has 0 aromatic heterocycles. The lowest BCUT2D eigenvalue weighted by Gasteiger charge is -2.27. The maximum atomic E-state index is 13.1. The van der Waals surface area contributed by atoms with Crippen molar-refractivity contribution in [3.63, 3.8) is 0 Å². The number of nitrogens with two attached hydrogens (primary N) is 1. The first-order valence-electron chi connectivity index (χ1n) is 10.0. The largest absolute Gasteiger partial charge is 0.493 e. The highest BCUT2D eigenvalue weighted by molar-refractivity contribution is 6.32. The minimum atomic E-state index is -0.875. The van der Waals surface area contributed by atoms with E-state index in [0.717, 1.165) is 5.56 Å². The Kier molecular flexibility index (Phi) is 7.46. The second-order valence-corrected chi connectivity index (χ2v) is 7.47. The lowest BCUT2D eigenvalue weighted by atomic mass is 9.83. The fraction of sp³-hybridized carbons (Fsp3) is 0.250. The molecule has 1 atom stereocenters. The first-order valence-corrected chi connectivity index (χ1v) is 10.4. The van der Waals surface area contributed by atoms with Crippen LogP contribution in [-0.4, -0.2) is 19.7 Å². The molecule has 9 heteroatoms. The van der Waals surface area contributed by atoms with Crippen LogP contribution in [0.15, 0.2) is 59.2 Å². The number of carbonyl (C=O) groups excluding carboxylic acids is 1. The summed E-state index contributed by atoms with van der Waals surface area (Å²) in [6.07, 6.45) is 0. The fourth-order valence-electron chi connectivity index (χ4n) is 3.47. The summed E-state index contributed by atoms with van der Waals surface area (Å²) in [7, 11) is 1.44. The van der Waals surface area contributed by atoms with E-state index in [9.17, 15) is 14.4 Å². The van der Waals surface area contributed by atoms with Gasteiger partial charge >= 0.3 is 5.97 Å². The maximum Gasteiger partial charge on any atom is 0.338 e. The Morgan fingerprint density at radius 2 is 2.00 bits per heavy atom. The predicted molar refractivity (Wildman–Crippen MR) is 119 cm³/mol. The number of benzene rings is 2. The molecule has 0 fully saturated rings. The van der Waals surface area contributed by atoms with Gasteiger partial charge in [-0.15, -0.1) is 0 Å². The van der Waals surface area contributed by atoms with E-state index in [1.165, 1.54) is 19.2 Å². The minimum absolute atomic E-state index is 0.0433. The smallest absolute Gasteiger partial charge is 0.338 e. The molecule has 1 heterocycles. The molecule has 172 valence electrons. The molecule has 0 amide bonds. The summed E-state index contributed by atoms with van der Waals surface area (Å²) in [5, 5.41) is 9.92. The molecular weight excluding hydrogens is 451 g/mol. The lowest BCUT2D eigenvalue weighted by Crippen LogP contribution is -2.25. The number of rotatable bonds is 7. The molecule has 0 saturated carbocycles. The molecule has 1 aliphatic rings. The van der Waals surface area contributed by atoms with Crippen molar-refractivity contribution in [3.05, 3.63) is 81.2 Å². The second-order valence-electron chi connectivity index (χ2n) is 7.06. The molecular formula is C24H22ClFN2O5. The first-order chi connectivity index (χ1) is 15.8. The number of carbonyl (C=O) groups is 1. The third-order valence-corrected chi connectivity index (χ3v) is 5.26. The van der Waals surface area contributed by atoms with Crippen molar-refractivity contribution in [3.8, 4) is 17.6 Å². The highest BCUT2D eigenvalue weighted by atomic mass is 35.5. The monoisotopic (exact) mass is 472 g/mol. The normalized spacial score (nSPS) is 15.6. The van der Waals surface area contributed by atoms with Gasteiger partial charge in [0.15, 0.2) is 11.5 Å². The topological polar surface area (TPSA) is 104 Å². The molecule has 3 rings (SSSR count). The Labute approximate surface area is 195 Å². The number of halogens is 2. The van der Waals surface area contributed by atoms with Crippen LogP contribution in [0.3, 0.4) is 0 Å². The number of nitriles is 1. The van der Waals surface area contributed by atoms with Crippen LogP contribution in [-0.2, 0) is 20.9 Å². The van der Waals surface area contributed by atoms with Gasteiger partial charge in [-0.05, 0) is 49.2 Å². The van der Waals surface area contributed by atoms with E-state index >= 15 is 0 Å². The summed E-state index contributed by atoms with van der Waals surface area (Å²) < 4.78 is 35.0. The number of allylic oxidation sites excluding steroid dienone is 2. The van der Waals surface area contributed by atoms with E-state index in [2.05, 4.69) is 0 Å². The highest BCUT2D eigenvalue weighted by Crippen LogP contribution is 2.45. The number of methoxy groups -OCH3 is 1. The van der Waals surface area contributed by atoms with Gasteiger partial charge in [-0.2, -0.15) is 5.26 Å². The van der Waals surface area contributed by atoms with Crippen LogP contribution in [0, 0.1) is 17.1 Å². The van der Waals surface area contributed by atoms with Crippen LogP contribution in [0.1, 0.15) is 30.9 Å². The molecule has 0 spiro atoms. The summed E-state index contributed by atoms with van der Waals surface area (Å²) in [4.78, 5) is 12.7. The number of nitrogens with zero attached hydrogens (tertiary/aromatic N) is 1. The van der Waals surface area contributed by atoms with Crippen molar-refractivity contribution in [2.45, 2.75) is 26.4 Å². The Morgan fingerprint density at radius 3 is 2.61 bits per heavy atom. The molecule has 2 aromatic rings. The van der Waals surface area contributed by atoms with E-state index in [4.69, 9.17) is 36.3 Å². The van der Waals surface area contributed by atoms with Crippen molar-refractivity contribution in [1.29, 1.82) is 5.26 Å². The molecule has 0 bridgehead atoms. The SMILES string of the molecule is CCOC(=O)C1=C(C)OC(N)=C(C#N)C1c1cc(Cl)c(OCc2ccc(F)cc2)c(OC)c1. The third-order valence-electron chi connectivity index (χ3n) is 4.98. The van der Waals surface area contributed by atoms with Gasteiger partial charge in [0.2, 0.25) is 5.88 Å². The van der Waals surface area contributed by atoms with Crippen LogP contribution >= 0.6 is 11.6 Å². The minimum Gasteiger partial charge on any atom is -0.493 e. The van der Waals surface area contributed by atoms with Gasteiger partial charge in [0.05, 0.1) is 30.2 Å². The van der Waals surface area contributed by atoms with Crippen molar-refractivity contribution in [1.82, 2.24) is 0 Å². The molecule has 2 aromatic carbocycles. The number of ether oxygens (including phenoxy) is 4. The van der Waals surface area contributed by atoms with Crippen molar-refractivity contribution >= 4 is 17.6 Å². The average molecular weight is 473 g/mol. The van der Waals surface area contributed by atoms with Crippen LogP contribution in [0.25, 0.3) is 0 Å². The van der Waals surface area contributed by atoms with E-state index in [-0.39, 0.29) is 58.3 Å². The fourth-order valence-corrected chi connectivity index (χ4v) is 3.74. The Hall–Kier alpha value is -3.70. The van der Waals surface area contributed by atoms with Crippen LogP contribution in [0.2, 0.25) is 5.02 Å². The number of hydrogen-bond acceptors (Lipinski definition) is 7. The van der Waals surface area contributed by atoms with Gasteiger partial charge < -0.3 is 24.7 Å². The number of esters is 1. The third kappa shape index (κ3) is 5.04. The Morgan fingerprint density at radius 1 is 1.30 bits per heavy atom. The first kappa shape index (κ1) is 24.0. The summed E-state index contributed by atoms with van der Waals surface area (Å²) in [5.74, 6) is -1.21. The predicted octanol–water partition coefficient (Wildman–Crippen LogP) is 4.71. The summed E-state index contributed by atoms with van der Waals surface area (Å²) in [6.45, 7) is 3.51. The molecule has 0 radical (unpaired) electrons. The molecule has 7 nitrogen and oxygen atoms in total. The zero-order chi connectivity index (χ0) is 24.1. The molecule has 33 heavy (non-hydrogen) atoms. The molecule has 0 saturated heterocycles. The van der Waals surface area contributed by atoms with Gasteiger partial charge in [-0.3, -0.25) is 0 Å². The zero-order valence-electron chi connectivity index (χ0n) is 18.3. The Balaban J connectivity index is 2.03. The zero-order valence-corrected chi connectivity index (χ0v) is 19.0. The van der Waals surface area contributed by atoms with Crippen molar-refractivity contribution in [2.24, 2.45) is 5.73 Å². The van der Waals surface area contributed by atoms with E-state index in [1.54, 1.807) is 38.1 Å². The summed E-state index contributed by atoms with van der Waals surface area (Å²) >= 11 is 6.52. The van der Waals surface area contributed by atoms with Crippen LogP contribution < -0.4 is 15.2 Å². The molecule has 2 N–H and O–H groups in total. The standard InChI is InChI=1S/C24H22ClFN2O5/c1-4-31-24(29)20-13(2)33-23(28)17(11-27)21(20)15-9-18(25)22(19(10-15)30-3)32-12-14-5-7-16(26)8-6-14/h5-10,21H,4,12,28H2,1-3H3. The average Bonchev–Trinajstić information content (AvgIpc) is 2.78. The van der Waals surface area contributed by atoms with E-state index in [1.807, 2.05) is 6.07 Å². The molecule has 1 aliphatic heterocycles. The number of hydrogen-bond donors (Lipinski definition) is 1. The summed E-state index contributed by atoms with van der Waals surface area (Å²) in [5.41, 5.74) is 7.32. The summed E-state index contributed by atoms with van der Waals surface area (Å²) in [6, 6.07) is 11.0. The van der Waals surface area contributed by atoms with E-state index < -0.39 is 11.9 Å². The van der Waals surface area contributed by atoms with Gasteiger partial charge in [-0.25, -0.2) is 9.18 Å². The molecule has 0 aliphatic carbocycles. The molecule has 1 unspecified atom stereocenters.